The van der Waals surface area contributed by atoms with Crippen LogP contribution in [0.2, 0.25) is 0 Å². The summed E-state index contributed by atoms with van der Waals surface area (Å²) in [6, 6.07) is 10.1. The Hall–Kier alpha value is -2.54. The summed E-state index contributed by atoms with van der Waals surface area (Å²) in [6.45, 7) is 7.85. The quantitative estimate of drug-likeness (QED) is 0.716. The minimum Gasteiger partial charge on any atom is -0.493 e. The van der Waals surface area contributed by atoms with E-state index in [1.807, 2.05) is 48.5 Å². The Morgan fingerprint density at radius 3 is 2.59 bits per heavy atom. The summed E-state index contributed by atoms with van der Waals surface area (Å²) in [5.74, 6) is 1.35. The predicted molar refractivity (Wildman–Crippen MR) is 114 cm³/mol. The van der Waals surface area contributed by atoms with Gasteiger partial charge in [-0.1, -0.05) is 26.0 Å². The van der Waals surface area contributed by atoms with Crippen LogP contribution in [0.15, 0.2) is 36.5 Å². The summed E-state index contributed by atoms with van der Waals surface area (Å²) in [7, 11) is 1.89. The molecule has 2 heterocycles. The molecule has 0 spiro atoms. The molecule has 29 heavy (non-hydrogen) atoms. The number of carbonyl (C=O) groups excluding carboxylic acids is 1. The zero-order valence-electron chi connectivity index (χ0n) is 17.7. The number of hydrogen-bond acceptors (Lipinski definition) is 4. The smallest absolute Gasteiger partial charge is 0.318 e. The zero-order valence-corrected chi connectivity index (χ0v) is 17.7. The molecular formula is C22H33N5O2. The van der Waals surface area contributed by atoms with Crippen molar-refractivity contribution in [2.45, 2.75) is 45.8 Å². The van der Waals surface area contributed by atoms with Crippen molar-refractivity contribution in [1.82, 2.24) is 25.3 Å². The van der Waals surface area contributed by atoms with Crippen molar-refractivity contribution in [3.8, 4) is 5.75 Å². The summed E-state index contributed by atoms with van der Waals surface area (Å²) < 4.78 is 7.53. The molecule has 2 aromatic rings. The maximum Gasteiger partial charge on any atom is 0.318 e. The molecule has 1 aliphatic rings. The summed E-state index contributed by atoms with van der Waals surface area (Å²) in [5, 5.41) is 11.0. The maximum atomic E-state index is 13.0. The topological polar surface area (TPSA) is 71.4 Å². The highest BCUT2D eigenvalue weighted by Gasteiger charge is 2.21. The Bertz CT molecular complexity index is 766. The van der Waals surface area contributed by atoms with Crippen molar-refractivity contribution in [3.63, 3.8) is 0 Å². The van der Waals surface area contributed by atoms with Gasteiger partial charge in [0.2, 0.25) is 0 Å². The normalized spacial score (nSPS) is 14.8. The van der Waals surface area contributed by atoms with Gasteiger partial charge in [0, 0.05) is 25.8 Å². The Balaban J connectivity index is 1.65. The minimum absolute atomic E-state index is 0.0392. The average Bonchev–Trinajstić information content (AvgIpc) is 3.12. The molecule has 158 valence electrons. The molecule has 7 heteroatoms. The van der Waals surface area contributed by atoms with Crippen LogP contribution in [0.1, 0.15) is 37.9 Å². The fraction of sp³-hybridized carbons (Fsp3) is 0.545. The lowest BCUT2D eigenvalue weighted by Gasteiger charge is -2.28. The Labute approximate surface area is 173 Å². The van der Waals surface area contributed by atoms with Crippen LogP contribution in [0.25, 0.3) is 0 Å². The number of benzene rings is 1. The number of nitrogens with zero attached hydrogens (tertiary/aromatic N) is 3. The van der Waals surface area contributed by atoms with Gasteiger partial charge in [-0.25, -0.2) is 4.79 Å². The summed E-state index contributed by atoms with van der Waals surface area (Å²) in [4.78, 5) is 14.8. The van der Waals surface area contributed by atoms with Crippen molar-refractivity contribution in [2.24, 2.45) is 13.0 Å². The molecule has 7 nitrogen and oxygen atoms in total. The first kappa shape index (κ1) is 21.2. The van der Waals surface area contributed by atoms with Gasteiger partial charge < -0.3 is 20.3 Å². The van der Waals surface area contributed by atoms with Crippen LogP contribution in [0.3, 0.4) is 0 Å². The molecule has 0 radical (unpaired) electrons. The maximum absolute atomic E-state index is 13.0. The number of amides is 2. The van der Waals surface area contributed by atoms with Crippen LogP contribution >= 0.6 is 0 Å². The lowest BCUT2D eigenvalue weighted by Crippen LogP contribution is -2.48. The van der Waals surface area contributed by atoms with Crippen LogP contribution in [-0.2, 0) is 20.1 Å². The fourth-order valence-corrected chi connectivity index (χ4v) is 3.35. The summed E-state index contributed by atoms with van der Waals surface area (Å²) >= 11 is 0. The van der Waals surface area contributed by atoms with Crippen molar-refractivity contribution >= 4 is 6.03 Å². The van der Waals surface area contributed by atoms with Crippen molar-refractivity contribution in [3.05, 3.63) is 47.8 Å². The van der Waals surface area contributed by atoms with Crippen molar-refractivity contribution in [1.29, 1.82) is 0 Å². The first-order valence-electron chi connectivity index (χ1n) is 10.5. The van der Waals surface area contributed by atoms with Gasteiger partial charge in [-0.05, 0) is 55.6 Å². The van der Waals surface area contributed by atoms with E-state index in [-0.39, 0.29) is 12.1 Å². The van der Waals surface area contributed by atoms with Crippen LogP contribution in [0.5, 0.6) is 5.75 Å². The minimum atomic E-state index is -0.0392. The number of aryl methyl sites for hydroxylation is 1. The molecule has 1 fully saturated rings. The third-order valence-corrected chi connectivity index (χ3v) is 4.96. The van der Waals surface area contributed by atoms with Crippen LogP contribution in [0.4, 0.5) is 4.79 Å². The molecule has 3 rings (SSSR count). The van der Waals surface area contributed by atoms with Gasteiger partial charge in [-0.3, -0.25) is 4.68 Å². The largest absolute Gasteiger partial charge is 0.493 e. The monoisotopic (exact) mass is 399 g/mol. The van der Waals surface area contributed by atoms with E-state index in [1.54, 1.807) is 4.68 Å². The first-order valence-corrected chi connectivity index (χ1v) is 10.5. The highest BCUT2D eigenvalue weighted by atomic mass is 16.5. The van der Waals surface area contributed by atoms with Gasteiger partial charge in [-0.15, -0.1) is 0 Å². The Kier molecular flexibility index (Phi) is 7.52. The molecular weight excluding hydrogens is 366 g/mol. The van der Waals surface area contributed by atoms with Crippen LogP contribution in [-0.4, -0.2) is 46.4 Å². The van der Waals surface area contributed by atoms with Gasteiger partial charge in [0.05, 0.1) is 18.8 Å². The molecule has 1 saturated heterocycles. The third kappa shape index (κ3) is 6.78. The van der Waals surface area contributed by atoms with E-state index in [0.29, 0.717) is 25.6 Å². The molecule has 0 bridgehead atoms. The van der Waals surface area contributed by atoms with E-state index in [1.165, 1.54) is 0 Å². The van der Waals surface area contributed by atoms with Crippen LogP contribution < -0.4 is 15.4 Å². The van der Waals surface area contributed by atoms with Gasteiger partial charge in [0.15, 0.2) is 0 Å². The number of nitrogens with one attached hydrogen (secondary N) is 2. The average molecular weight is 400 g/mol. The zero-order chi connectivity index (χ0) is 20.6. The SMILES string of the molecule is CC(C)COc1ccc(CN(Cc2ccn(C)n2)C(=O)NC2CCNCC2)cc1. The summed E-state index contributed by atoms with van der Waals surface area (Å²) in [5.41, 5.74) is 1.95. The van der Waals surface area contributed by atoms with Gasteiger partial charge >= 0.3 is 6.03 Å². The molecule has 1 aromatic heterocycles. The van der Waals surface area contributed by atoms with Gasteiger partial charge in [0.25, 0.3) is 0 Å². The van der Waals surface area contributed by atoms with E-state index in [0.717, 1.165) is 42.9 Å². The highest BCUT2D eigenvalue weighted by Crippen LogP contribution is 2.16. The number of carbonyl (C=O) groups is 1. The number of aromatic nitrogens is 2. The number of urea groups is 1. The van der Waals surface area contributed by atoms with E-state index < -0.39 is 0 Å². The Morgan fingerprint density at radius 1 is 1.24 bits per heavy atom. The first-order chi connectivity index (χ1) is 14.0. The number of hydrogen-bond donors (Lipinski definition) is 2. The van der Waals surface area contributed by atoms with E-state index >= 15 is 0 Å². The third-order valence-electron chi connectivity index (χ3n) is 4.96. The summed E-state index contributed by atoms with van der Waals surface area (Å²) in [6.07, 6.45) is 3.83. The Morgan fingerprint density at radius 2 is 1.97 bits per heavy atom. The second-order valence-electron chi connectivity index (χ2n) is 8.16. The molecule has 0 saturated carbocycles. The van der Waals surface area contributed by atoms with E-state index in [2.05, 4.69) is 29.6 Å². The molecule has 0 unspecified atom stereocenters. The molecule has 1 aliphatic heterocycles. The number of rotatable bonds is 8. The van der Waals surface area contributed by atoms with E-state index in [4.69, 9.17) is 4.74 Å². The van der Waals surface area contributed by atoms with Gasteiger partial charge in [0.1, 0.15) is 5.75 Å². The van der Waals surface area contributed by atoms with Crippen molar-refractivity contribution < 1.29 is 9.53 Å². The van der Waals surface area contributed by atoms with Gasteiger partial charge in [-0.2, -0.15) is 5.10 Å². The second kappa shape index (κ2) is 10.3. The molecule has 1 aromatic carbocycles. The van der Waals surface area contributed by atoms with Crippen LogP contribution in [0, 0.1) is 5.92 Å². The predicted octanol–water partition coefficient (Wildman–Crippen LogP) is 2.92. The molecule has 0 atom stereocenters. The molecule has 0 aliphatic carbocycles. The lowest BCUT2D eigenvalue weighted by atomic mass is 10.1. The fourth-order valence-electron chi connectivity index (χ4n) is 3.35. The lowest BCUT2D eigenvalue weighted by molar-refractivity contribution is 0.184. The highest BCUT2D eigenvalue weighted by molar-refractivity contribution is 5.74. The van der Waals surface area contributed by atoms with E-state index in [9.17, 15) is 4.79 Å². The molecule has 2 N–H and O–H groups in total. The molecule has 2 amide bonds. The number of piperidine rings is 1. The second-order valence-corrected chi connectivity index (χ2v) is 8.16. The standard InChI is InChI=1S/C22H33N5O2/c1-17(2)16-29-21-6-4-18(5-7-21)14-27(15-20-10-13-26(3)25-20)22(28)24-19-8-11-23-12-9-19/h4-7,10,13,17,19,23H,8-9,11-12,14-16H2,1-3H3,(H,24,28). The number of ether oxygens (including phenoxy) is 1. The van der Waals surface area contributed by atoms with Crippen molar-refractivity contribution in [2.75, 3.05) is 19.7 Å².